The summed E-state index contributed by atoms with van der Waals surface area (Å²) in [4.78, 5) is 19.8. The molecule has 9 heteroatoms. The fourth-order valence-electron chi connectivity index (χ4n) is 6.91. The fraction of sp³-hybridized carbons (Fsp3) is 0.387. The fourth-order valence-corrected chi connectivity index (χ4v) is 7.26. The van der Waals surface area contributed by atoms with Crippen LogP contribution in [0.2, 0.25) is 5.02 Å². The molecule has 0 bridgehead atoms. The Hall–Kier alpha value is -3.46. The molecule has 0 radical (unpaired) electrons. The summed E-state index contributed by atoms with van der Waals surface area (Å²) in [6, 6.07) is 11.0. The molecule has 8 nitrogen and oxygen atoms in total. The number of morpholine rings is 1. The van der Waals surface area contributed by atoms with Crippen LogP contribution in [0.3, 0.4) is 0 Å². The van der Waals surface area contributed by atoms with E-state index in [4.69, 9.17) is 27.1 Å². The summed E-state index contributed by atoms with van der Waals surface area (Å²) in [6.07, 6.45) is 15.1. The topological polar surface area (TPSA) is 105 Å². The second-order valence-corrected chi connectivity index (χ2v) is 11.6. The summed E-state index contributed by atoms with van der Waals surface area (Å²) in [6.45, 7) is 3.81. The summed E-state index contributed by atoms with van der Waals surface area (Å²) in [5.74, 6) is 0.902. The summed E-state index contributed by atoms with van der Waals surface area (Å²) < 4.78 is 5.56. The number of aromatic nitrogens is 4. The maximum Gasteiger partial charge on any atom is 0.143 e. The Kier molecular flexibility index (Phi) is 6.70. The molecular formula is C31H34ClN7O. The third-order valence-corrected chi connectivity index (χ3v) is 9.30. The lowest BCUT2D eigenvalue weighted by molar-refractivity contribution is 0.00791. The number of ether oxygens (including phenoxy) is 1. The lowest BCUT2D eigenvalue weighted by atomic mass is 9.68. The molecule has 3 aromatic heterocycles. The number of halogens is 1. The third kappa shape index (κ3) is 4.54. The van der Waals surface area contributed by atoms with Gasteiger partial charge >= 0.3 is 0 Å². The van der Waals surface area contributed by atoms with E-state index in [0.717, 1.165) is 72.8 Å². The smallest absolute Gasteiger partial charge is 0.143 e. The maximum atomic E-state index is 6.86. The highest BCUT2D eigenvalue weighted by Gasteiger charge is 2.38. The van der Waals surface area contributed by atoms with Crippen molar-refractivity contribution in [3.8, 4) is 0 Å². The van der Waals surface area contributed by atoms with Crippen LogP contribution in [0.15, 0.2) is 55.1 Å². The molecule has 0 spiro atoms. The Morgan fingerprint density at radius 2 is 1.85 bits per heavy atom. The van der Waals surface area contributed by atoms with Gasteiger partial charge in [0.1, 0.15) is 17.8 Å². The molecule has 1 aliphatic heterocycles. The highest BCUT2D eigenvalue weighted by molar-refractivity contribution is 6.31. The van der Waals surface area contributed by atoms with E-state index in [1.807, 2.05) is 30.6 Å². The van der Waals surface area contributed by atoms with Gasteiger partial charge in [0.15, 0.2) is 0 Å². The van der Waals surface area contributed by atoms with Crippen LogP contribution in [-0.4, -0.2) is 63.2 Å². The number of H-pyrrole nitrogens is 1. The molecule has 0 amide bonds. The Balaban J connectivity index is 1.22. The van der Waals surface area contributed by atoms with Gasteiger partial charge in [-0.05, 0) is 79.1 Å². The van der Waals surface area contributed by atoms with E-state index in [-0.39, 0.29) is 0 Å². The van der Waals surface area contributed by atoms with E-state index in [1.165, 1.54) is 18.4 Å². The first-order chi connectivity index (χ1) is 19.6. The van der Waals surface area contributed by atoms with Crippen molar-refractivity contribution in [1.29, 1.82) is 0 Å². The quantitative estimate of drug-likeness (QED) is 0.291. The monoisotopic (exact) mass is 555 g/mol. The lowest BCUT2D eigenvalue weighted by Crippen LogP contribution is -2.46. The Bertz CT molecular complexity index is 1540. The largest absolute Gasteiger partial charge is 0.399 e. The number of pyridine rings is 1. The molecule has 4 heterocycles. The zero-order chi connectivity index (χ0) is 27.1. The van der Waals surface area contributed by atoms with Crippen molar-refractivity contribution in [3.63, 3.8) is 0 Å². The van der Waals surface area contributed by atoms with Crippen LogP contribution in [0.1, 0.15) is 48.1 Å². The van der Waals surface area contributed by atoms with Gasteiger partial charge in [-0.25, -0.2) is 9.97 Å². The van der Waals surface area contributed by atoms with Crippen molar-refractivity contribution in [3.05, 3.63) is 82.5 Å². The molecule has 2 aliphatic carbocycles. The number of aromatic amines is 1. The van der Waals surface area contributed by atoms with Crippen LogP contribution in [-0.2, 0) is 16.6 Å². The number of nitrogens with two attached hydrogens (primary N) is 1. The summed E-state index contributed by atoms with van der Waals surface area (Å²) >= 11 is 6.86. The van der Waals surface area contributed by atoms with Gasteiger partial charge in [0.05, 0.1) is 18.6 Å². The number of fused-ring (bicyclic) bond motifs is 3. The number of hydrogen-bond acceptors (Lipinski definition) is 7. The molecule has 1 atom stereocenters. The number of nitrogen functional groups attached to an aromatic ring is 1. The van der Waals surface area contributed by atoms with E-state index in [2.05, 4.69) is 49.5 Å². The van der Waals surface area contributed by atoms with E-state index in [1.54, 1.807) is 6.33 Å². The van der Waals surface area contributed by atoms with Crippen molar-refractivity contribution in [2.45, 2.75) is 49.6 Å². The van der Waals surface area contributed by atoms with Gasteiger partial charge in [0, 0.05) is 59.4 Å². The van der Waals surface area contributed by atoms with Gasteiger partial charge in [-0.1, -0.05) is 23.7 Å². The molecule has 40 heavy (non-hydrogen) atoms. The predicted molar refractivity (Wildman–Crippen MR) is 160 cm³/mol. The average Bonchev–Trinajstić information content (AvgIpc) is 3.37. The van der Waals surface area contributed by atoms with Gasteiger partial charge in [-0.15, -0.1) is 0 Å². The van der Waals surface area contributed by atoms with Crippen LogP contribution in [0.4, 0.5) is 11.5 Å². The van der Waals surface area contributed by atoms with Crippen LogP contribution in [0, 0.1) is 0 Å². The second-order valence-electron chi connectivity index (χ2n) is 11.2. The van der Waals surface area contributed by atoms with E-state index in [0.29, 0.717) is 29.2 Å². The van der Waals surface area contributed by atoms with Crippen molar-refractivity contribution >= 4 is 40.2 Å². The number of anilines is 2. The van der Waals surface area contributed by atoms with Gasteiger partial charge in [-0.2, -0.15) is 0 Å². The number of hydrogen-bond donors (Lipinski definition) is 3. The van der Waals surface area contributed by atoms with E-state index < -0.39 is 5.41 Å². The predicted octanol–water partition coefficient (Wildman–Crippen LogP) is 5.20. The molecule has 1 unspecified atom stereocenters. The van der Waals surface area contributed by atoms with Gasteiger partial charge in [-0.3, -0.25) is 9.88 Å². The van der Waals surface area contributed by atoms with Crippen molar-refractivity contribution in [1.82, 2.24) is 24.8 Å². The molecule has 4 aromatic rings. The zero-order valence-corrected chi connectivity index (χ0v) is 23.2. The lowest BCUT2D eigenvalue weighted by Gasteiger charge is -2.39. The number of benzene rings is 1. The molecule has 1 saturated carbocycles. The minimum absolute atomic E-state index is 0.386. The Morgan fingerprint density at radius 3 is 2.62 bits per heavy atom. The second kappa shape index (κ2) is 10.5. The minimum Gasteiger partial charge on any atom is -0.399 e. The van der Waals surface area contributed by atoms with Crippen LogP contribution in [0.5, 0.6) is 0 Å². The first kappa shape index (κ1) is 25.5. The van der Waals surface area contributed by atoms with Gasteiger partial charge in [0.25, 0.3) is 0 Å². The number of nitrogens with one attached hydrogen (secondary N) is 2. The average molecular weight is 556 g/mol. The Labute approximate surface area is 239 Å². The summed E-state index contributed by atoms with van der Waals surface area (Å²) in [7, 11) is 0. The highest BCUT2D eigenvalue weighted by Crippen LogP contribution is 2.46. The third-order valence-electron chi connectivity index (χ3n) is 8.99. The molecule has 4 N–H and O–H groups in total. The van der Waals surface area contributed by atoms with Gasteiger partial charge in [0.2, 0.25) is 0 Å². The maximum absolute atomic E-state index is 6.86. The molecule has 3 aliphatic rings. The molecule has 1 aromatic carbocycles. The standard InChI is InChI=1S/C31H34ClN7O/c32-26-17-21(33)1-6-25(26)31(20-8-11-34-12-9-20)10-7-27-24(18-31)28-29(35-19-36-30(28)38-27)37-22-2-4-23(5-3-22)39-13-15-40-16-14-39/h1,6-12,17,19,22-23H,2-5,13-16,18,33H2,(H2,35,36,37,38). The molecular weight excluding hydrogens is 522 g/mol. The van der Waals surface area contributed by atoms with E-state index in [9.17, 15) is 0 Å². The molecule has 2 fully saturated rings. The van der Waals surface area contributed by atoms with Crippen LogP contribution >= 0.6 is 11.6 Å². The molecule has 7 rings (SSSR count). The summed E-state index contributed by atoms with van der Waals surface area (Å²) in [5.41, 5.74) is 11.5. The highest BCUT2D eigenvalue weighted by atomic mass is 35.5. The molecule has 206 valence electrons. The first-order valence-electron chi connectivity index (χ1n) is 14.2. The molecule has 1 saturated heterocycles. The Morgan fingerprint density at radius 1 is 1.05 bits per heavy atom. The zero-order valence-electron chi connectivity index (χ0n) is 22.4. The van der Waals surface area contributed by atoms with Crippen molar-refractivity contribution in [2.75, 3.05) is 37.4 Å². The van der Waals surface area contributed by atoms with Crippen molar-refractivity contribution in [2.24, 2.45) is 0 Å². The minimum atomic E-state index is -0.487. The summed E-state index contributed by atoms with van der Waals surface area (Å²) in [5, 5.41) is 5.53. The SMILES string of the molecule is Nc1ccc(C2(c3ccncc3)C=Cc3[nH]c4ncnc(NC5CCC(N6CCOCC6)CC5)c4c3C2)c(Cl)c1. The van der Waals surface area contributed by atoms with Crippen LogP contribution < -0.4 is 11.1 Å². The first-order valence-corrected chi connectivity index (χ1v) is 14.6. The van der Waals surface area contributed by atoms with Crippen molar-refractivity contribution < 1.29 is 4.74 Å². The van der Waals surface area contributed by atoms with E-state index >= 15 is 0 Å². The number of allylic oxidation sites excluding steroid dienone is 1. The number of rotatable bonds is 5. The van der Waals surface area contributed by atoms with Crippen LogP contribution in [0.25, 0.3) is 17.1 Å². The van der Waals surface area contributed by atoms with Gasteiger partial charge < -0.3 is 20.8 Å². The number of nitrogens with zero attached hydrogens (tertiary/aromatic N) is 4. The normalized spacial score (nSPS) is 25.1.